The molecule has 0 saturated carbocycles. The lowest BCUT2D eigenvalue weighted by Crippen LogP contribution is -2.33. The van der Waals surface area contributed by atoms with Gasteiger partial charge in [0.25, 0.3) is 0 Å². The summed E-state index contributed by atoms with van der Waals surface area (Å²) in [5.41, 5.74) is 1.23. The summed E-state index contributed by atoms with van der Waals surface area (Å²) in [6, 6.07) is 7.32. The molecule has 0 radical (unpaired) electrons. The molecule has 1 aromatic carbocycles. The molecular formula is C19H24F2N6O2. The Morgan fingerprint density at radius 1 is 1.21 bits per heavy atom. The van der Waals surface area contributed by atoms with Crippen molar-refractivity contribution in [1.29, 1.82) is 0 Å². The molecule has 1 aliphatic heterocycles. The first-order valence-electron chi connectivity index (χ1n) is 9.44. The summed E-state index contributed by atoms with van der Waals surface area (Å²) in [6.07, 6.45) is 2.34. The summed E-state index contributed by atoms with van der Waals surface area (Å²) in [4.78, 5) is 23.1. The second-order valence-corrected chi connectivity index (χ2v) is 6.60. The Balaban J connectivity index is 1.44. The minimum absolute atomic E-state index is 0.0233. The van der Waals surface area contributed by atoms with E-state index in [-0.39, 0.29) is 5.75 Å². The van der Waals surface area contributed by atoms with E-state index in [0.717, 1.165) is 24.6 Å². The van der Waals surface area contributed by atoms with Crippen molar-refractivity contribution in [3.8, 4) is 5.75 Å². The molecule has 10 heteroatoms. The Labute approximate surface area is 167 Å². The third-order valence-corrected chi connectivity index (χ3v) is 4.28. The Kier molecular flexibility index (Phi) is 6.99. The van der Waals surface area contributed by atoms with Crippen molar-refractivity contribution in [3.05, 3.63) is 36.0 Å². The fraction of sp³-hybridized carbons (Fsp3) is 0.421. The molecule has 0 unspecified atom stereocenters. The van der Waals surface area contributed by atoms with E-state index in [1.165, 1.54) is 31.0 Å². The monoisotopic (exact) mass is 406 g/mol. The first-order valence-corrected chi connectivity index (χ1v) is 9.44. The predicted octanol–water partition coefficient (Wildman–Crippen LogP) is 3.22. The number of benzene rings is 1. The van der Waals surface area contributed by atoms with Gasteiger partial charge in [-0.2, -0.15) is 13.8 Å². The van der Waals surface area contributed by atoms with Crippen LogP contribution in [0.4, 0.5) is 31.0 Å². The number of hydrogen-bond donors (Lipinski definition) is 3. The minimum atomic E-state index is -2.92. The van der Waals surface area contributed by atoms with Crippen molar-refractivity contribution >= 4 is 23.5 Å². The molecule has 2 aromatic rings. The topological polar surface area (TPSA) is 91.4 Å². The number of anilines is 3. The number of urea groups is 1. The van der Waals surface area contributed by atoms with Gasteiger partial charge in [-0.3, -0.25) is 0 Å². The van der Waals surface area contributed by atoms with Crippen LogP contribution in [0.25, 0.3) is 0 Å². The Bertz CT molecular complexity index is 830. The molecule has 156 valence electrons. The number of nitrogens with one attached hydrogen (secondary N) is 3. The molecule has 0 spiro atoms. The zero-order valence-corrected chi connectivity index (χ0v) is 16.1. The lowest BCUT2D eigenvalue weighted by molar-refractivity contribution is -0.0497. The Morgan fingerprint density at radius 2 is 2.00 bits per heavy atom. The van der Waals surface area contributed by atoms with Gasteiger partial charge in [0.05, 0.1) is 0 Å². The zero-order valence-electron chi connectivity index (χ0n) is 16.1. The average Bonchev–Trinajstić information content (AvgIpc) is 3.19. The predicted molar refractivity (Wildman–Crippen MR) is 107 cm³/mol. The standard InChI is InChI=1S/C19H24F2N6O2/c1-13-11-16(27-9-2-3-10-27)26-18(24-13)22-7-8-23-19(28)25-14-5-4-6-15(12-14)29-17(20)21/h4-6,11-12,17H,2-3,7-10H2,1H3,(H,22,24,26)(H2,23,25,28). The van der Waals surface area contributed by atoms with Crippen LogP contribution in [0.15, 0.2) is 30.3 Å². The summed E-state index contributed by atoms with van der Waals surface area (Å²) in [6.45, 7) is 1.77. The molecule has 0 bridgehead atoms. The van der Waals surface area contributed by atoms with Gasteiger partial charge in [0, 0.05) is 49.7 Å². The van der Waals surface area contributed by atoms with Gasteiger partial charge in [-0.05, 0) is 31.9 Å². The fourth-order valence-electron chi connectivity index (χ4n) is 3.01. The van der Waals surface area contributed by atoms with Gasteiger partial charge >= 0.3 is 12.6 Å². The Morgan fingerprint density at radius 3 is 2.76 bits per heavy atom. The number of carbonyl (C=O) groups is 1. The highest BCUT2D eigenvalue weighted by Crippen LogP contribution is 2.20. The second-order valence-electron chi connectivity index (χ2n) is 6.60. The highest BCUT2D eigenvalue weighted by molar-refractivity contribution is 5.89. The van der Waals surface area contributed by atoms with Crippen molar-refractivity contribution in [3.63, 3.8) is 0 Å². The van der Waals surface area contributed by atoms with Crippen LogP contribution in [-0.4, -0.2) is 48.8 Å². The molecule has 8 nitrogen and oxygen atoms in total. The van der Waals surface area contributed by atoms with Crippen molar-refractivity contribution in [2.45, 2.75) is 26.4 Å². The SMILES string of the molecule is Cc1cc(N2CCCC2)nc(NCCNC(=O)Nc2cccc(OC(F)F)c2)n1. The number of carbonyl (C=O) groups excluding carboxylic acids is 1. The molecule has 2 amide bonds. The van der Waals surface area contributed by atoms with Crippen molar-refractivity contribution in [1.82, 2.24) is 15.3 Å². The summed E-state index contributed by atoms with van der Waals surface area (Å²) < 4.78 is 28.8. The van der Waals surface area contributed by atoms with E-state index in [1.807, 2.05) is 13.0 Å². The summed E-state index contributed by atoms with van der Waals surface area (Å²) >= 11 is 0. The number of rotatable bonds is 8. The van der Waals surface area contributed by atoms with Gasteiger partial charge in [0.1, 0.15) is 11.6 Å². The maximum Gasteiger partial charge on any atom is 0.387 e. The molecule has 3 rings (SSSR count). The third-order valence-electron chi connectivity index (χ3n) is 4.28. The van der Waals surface area contributed by atoms with E-state index in [4.69, 9.17) is 0 Å². The first kappa shape index (κ1) is 20.6. The number of amides is 2. The van der Waals surface area contributed by atoms with Crippen molar-refractivity contribution < 1.29 is 18.3 Å². The smallest absolute Gasteiger partial charge is 0.387 e. The number of aromatic nitrogens is 2. The molecule has 0 atom stereocenters. The largest absolute Gasteiger partial charge is 0.435 e. The first-order chi connectivity index (χ1) is 14.0. The van der Waals surface area contributed by atoms with E-state index in [2.05, 4.69) is 35.6 Å². The number of aryl methyl sites for hydroxylation is 1. The molecule has 1 aromatic heterocycles. The zero-order chi connectivity index (χ0) is 20.6. The van der Waals surface area contributed by atoms with E-state index in [0.29, 0.717) is 24.7 Å². The summed E-state index contributed by atoms with van der Waals surface area (Å²) in [5.74, 6) is 1.41. The van der Waals surface area contributed by atoms with Gasteiger partial charge in [-0.1, -0.05) is 6.07 Å². The van der Waals surface area contributed by atoms with Crippen LogP contribution >= 0.6 is 0 Å². The summed E-state index contributed by atoms with van der Waals surface area (Å²) in [7, 11) is 0. The molecule has 0 aliphatic carbocycles. The quantitative estimate of drug-likeness (QED) is 0.583. The van der Waals surface area contributed by atoms with Gasteiger partial charge < -0.3 is 25.6 Å². The molecule has 1 fully saturated rings. The van der Waals surface area contributed by atoms with E-state index < -0.39 is 12.6 Å². The number of ether oxygens (including phenoxy) is 1. The van der Waals surface area contributed by atoms with Crippen molar-refractivity contribution in [2.75, 3.05) is 41.7 Å². The summed E-state index contributed by atoms with van der Waals surface area (Å²) in [5, 5.41) is 8.35. The lowest BCUT2D eigenvalue weighted by Gasteiger charge is -2.17. The molecule has 3 N–H and O–H groups in total. The minimum Gasteiger partial charge on any atom is -0.435 e. The third kappa shape index (κ3) is 6.44. The van der Waals surface area contributed by atoms with E-state index in [1.54, 1.807) is 6.07 Å². The number of nitrogens with zero attached hydrogens (tertiary/aromatic N) is 3. The molecule has 29 heavy (non-hydrogen) atoms. The van der Waals surface area contributed by atoms with E-state index in [9.17, 15) is 13.6 Å². The second kappa shape index (κ2) is 9.85. The van der Waals surface area contributed by atoms with Gasteiger partial charge in [0.15, 0.2) is 0 Å². The highest BCUT2D eigenvalue weighted by atomic mass is 19.3. The fourth-order valence-corrected chi connectivity index (χ4v) is 3.01. The van der Waals surface area contributed by atoms with Crippen LogP contribution in [0.5, 0.6) is 5.75 Å². The maximum absolute atomic E-state index is 12.3. The van der Waals surface area contributed by atoms with Gasteiger partial charge in [-0.25, -0.2) is 9.78 Å². The normalized spacial score (nSPS) is 13.4. The maximum atomic E-state index is 12.3. The Hall–Kier alpha value is -3.17. The molecular weight excluding hydrogens is 382 g/mol. The highest BCUT2D eigenvalue weighted by Gasteiger charge is 2.15. The lowest BCUT2D eigenvalue weighted by atomic mass is 10.3. The van der Waals surface area contributed by atoms with Crippen LogP contribution in [0, 0.1) is 6.92 Å². The van der Waals surface area contributed by atoms with Crippen LogP contribution < -0.4 is 25.6 Å². The van der Waals surface area contributed by atoms with Crippen LogP contribution in [0.1, 0.15) is 18.5 Å². The number of alkyl halides is 2. The van der Waals surface area contributed by atoms with Crippen LogP contribution in [0.3, 0.4) is 0 Å². The van der Waals surface area contributed by atoms with Gasteiger partial charge in [0.2, 0.25) is 5.95 Å². The van der Waals surface area contributed by atoms with Crippen LogP contribution in [0.2, 0.25) is 0 Å². The average molecular weight is 406 g/mol. The molecule has 1 saturated heterocycles. The van der Waals surface area contributed by atoms with Crippen molar-refractivity contribution in [2.24, 2.45) is 0 Å². The molecule has 2 heterocycles. The number of hydrogen-bond acceptors (Lipinski definition) is 6. The van der Waals surface area contributed by atoms with Crippen LogP contribution in [-0.2, 0) is 0 Å². The van der Waals surface area contributed by atoms with Gasteiger partial charge in [-0.15, -0.1) is 0 Å². The number of halogens is 2. The molecule has 1 aliphatic rings. The van der Waals surface area contributed by atoms with E-state index >= 15 is 0 Å².